The number of anilines is 1. The van der Waals surface area contributed by atoms with Crippen LogP contribution in [0.5, 0.6) is 5.75 Å². The molecule has 1 heterocycles. The van der Waals surface area contributed by atoms with E-state index >= 15 is 0 Å². The lowest BCUT2D eigenvalue weighted by atomic mass is 10.3. The number of nitro groups is 1. The summed E-state index contributed by atoms with van der Waals surface area (Å²) >= 11 is 0. The minimum atomic E-state index is -0.612. The Balaban J connectivity index is 2.04. The van der Waals surface area contributed by atoms with Gasteiger partial charge in [0.2, 0.25) is 0 Å². The van der Waals surface area contributed by atoms with Gasteiger partial charge in [-0.1, -0.05) is 12.1 Å². The van der Waals surface area contributed by atoms with Gasteiger partial charge in [-0.05, 0) is 12.1 Å². The largest absolute Gasteiger partial charge is 0.490 e. The van der Waals surface area contributed by atoms with Gasteiger partial charge in [0.1, 0.15) is 18.6 Å². The summed E-state index contributed by atoms with van der Waals surface area (Å²) in [5, 5.41) is 10.6. The number of ether oxygens (including phenoxy) is 1. The number of hydrogen-bond acceptors (Lipinski definition) is 6. The van der Waals surface area contributed by atoms with Gasteiger partial charge in [-0.15, -0.1) is 0 Å². The molecule has 20 heavy (non-hydrogen) atoms. The highest BCUT2D eigenvalue weighted by Gasteiger charge is 2.09. The van der Waals surface area contributed by atoms with Gasteiger partial charge in [0.25, 0.3) is 0 Å². The minimum absolute atomic E-state index is 0.141. The first-order chi connectivity index (χ1) is 9.58. The second-order valence-electron chi connectivity index (χ2n) is 3.93. The van der Waals surface area contributed by atoms with Crippen molar-refractivity contribution in [3.63, 3.8) is 0 Å². The van der Waals surface area contributed by atoms with E-state index in [4.69, 9.17) is 10.5 Å². The van der Waals surface area contributed by atoms with E-state index in [9.17, 15) is 14.9 Å². The number of para-hydroxylation sites is 2. The van der Waals surface area contributed by atoms with Crippen LogP contribution in [-0.2, 0) is 6.54 Å². The Morgan fingerprint density at radius 3 is 2.85 bits per heavy atom. The summed E-state index contributed by atoms with van der Waals surface area (Å²) in [6, 6.07) is 6.93. The Morgan fingerprint density at radius 1 is 1.40 bits per heavy atom. The van der Waals surface area contributed by atoms with E-state index in [2.05, 4.69) is 4.98 Å². The molecule has 1 aromatic heterocycles. The summed E-state index contributed by atoms with van der Waals surface area (Å²) in [6.45, 7) is 0.290. The Morgan fingerprint density at radius 2 is 2.15 bits per heavy atom. The van der Waals surface area contributed by atoms with Crippen LogP contribution in [0.3, 0.4) is 0 Å². The van der Waals surface area contributed by atoms with Crippen molar-refractivity contribution < 1.29 is 9.66 Å². The third kappa shape index (κ3) is 3.10. The lowest BCUT2D eigenvalue weighted by molar-refractivity contribution is -0.385. The smallest absolute Gasteiger partial charge is 0.348 e. The van der Waals surface area contributed by atoms with E-state index in [-0.39, 0.29) is 18.8 Å². The fourth-order valence-electron chi connectivity index (χ4n) is 1.56. The van der Waals surface area contributed by atoms with Crippen LogP contribution in [0.2, 0.25) is 0 Å². The molecular weight excluding hydrogens is 264 g/mol. The summed E-state index contributed by atoms with van der Waals surface area (Å²) in [5.74, 6) is 0.499. The van der Waals surface area contributed by atoms with Gasteiger partial charge in [-0.3, -0.25) is 14.7 Å². The Labute approximate surface area is 113 Å². The van der Waals surface area contributed by atoms with E-state index < -0.39 is 10.6 Å². The molecule has 0 radical (unpaired) electrons. The molecule has 104 valence electrons. The quantitative estimate of drug-likeness (QED) is 0.491. The highest BCUT2D eigenvalue weighted by molar-refractivity contribution is 5.51. The Kier molecular flexibility index (Phi) is 3.94. The molecule has 0 bridgehead atoms. The van der Waals surface area contributed by atoms with E-state index in [1.807, 2.05) is 0 Å². The Bertz CT molecular complexity index is 683. The zero-order valence-electron chi connectivity index (χ0n) is 10.4. The molecule has 0 aliphatic carbocycles. The van der Waals surface area contributed by atoms with Crippen LogP contribution >= 0.6 is 0 Å². The summed E-state index contributed by atoms with van der Waals surface area (Å²) in [6.07, 6.45) is 2.06. The molecule has 2 aromatic rings. The van der Waals surface area contributed by atoms with Gasteiger partial charge in [-0.25, -0.2) is 4.79 Å². The third-order valence-electron chi connectivity index (χ3n) is 2.56. The summed E-state index contributed by atoms with van der Waals surface area (Å²) in [7, 11) is 0. The van der Waals surface area contributed by atoms with Crippen LogP contribution in [0.4, 0.5) is 11.4 Å². The fourth-order valence-corrected chi connectivity index (χ4v) is 1.56. The summed E-state index contributed by atoms with van der Waals surface area (Å²) in [4.78, 5) is 24.9. The SMILES string of the molecule is Nc1ccccc1OCCn1cc([N+](=O)[O-])cnc1=O. The topological polar surface area (TPSA) is 113 Å². The fraction of sp³-hybridized carbons (Fsp3) is 0.167. The van der Waals surface area contributed by atoms with Crippen LogP contribution in [-0.4, -0.2) is 21.1 Å². The molecule has 0 unspecified atom stereocenters. The molecule has 8 nitrogen and oxygen atoms in total. The lowest BCUT2D eigenvalue weighted by Gasteiger charge is -2.09. The van der Waals surface area contributed by atoms with Crippen molar-refractivity contribution >= 4 is 11.4 Å². The van der Waals surface area contributed by atoms with Gasteiger partial charge >= 0.3 is 11.4 Å². The lowest BCUT2D eigenvalue weighted by Crippen LogP contribution is -2.25. The molecule has 0 aliphatic rings. The van der Waals surface area contributed by atoms with Gasteiger partial charge in [-0.2, -0.15) is 4.98 Å². The molecular formula is C12H12N4O4. The molecule has 2 rings (SSSR count). The zero-order valence-corrected chi connectivity index (χ0v) is 10.4. The molecule has 0 fully saturated rings. The average Bonchev–Trinajstić information content (AvgIpc) is 2.42. The van der Waals surface area contributed by atoms with Gasteiger partial charge in [0.05, 0.1) is 23.4 Å². The van der Waals surface area contributed by atoms with E-state index in [0.717, 1.165) is 17.0 Å². The van der Waals surface area contributed by atoms with Crippen LogP contribution in [0.1, 0.15) is 0 Å². The predicted molar refractivity (Wildman–Crippen MR) is 71.5 cm³/mol. The van der Waals surface area contributed by atoms with Crippen LogP contribution in [0.15, 0.2) is 41.5 Å². The van der Waals surface area contributed by atoms with E-state index in [0.29, 0.717) is 11.4 Å². The van der Waals surface area contributed by atoms with Crippen molar-refractivity contribution in [2.75, 3.05) is 12.3 Å². The molecule has 0 saturated heterocycles. The normalized spacial score (nSPS) is 10.2. The molecule has 2 N–H and O–H groups in total. The van der Waals surface area contributed by atoms with Crippen molar-refractivity contribution in [1.29, 1.82) is 0 Å². The van der Waals surface area contributed by atoms with Crippen molar-refractivity contribution in [1.82, 2.24) is 9.55 Å². The third-order valence-corrected chi connectivity index (χ3v) is 2.56. The number of aromatic nitrogens is 2. The molecule has 1 aromatic carbocycles. The number of nitrogens with zero attached hydrogens (tertiary/aromatic N) is 3. The first-order valence-corrected chi connectivity index (χ1v) is 5.76. The van der Waals surface area contributed by atoms with Crippen molar-refractivity contribution in [3.8, 4) is 5.75 Å². The Hall–Kier alpha value is -2.90. The second kappa shape index (κ2) is 5.83. The summed E-state index contributed by atoms with van der Waals surface area (Å²) in [5.41, 5.74) is 5.37. The van der Waals surface area contributed by atoms with Crippen molar-refractivity contribution in [3.05, 3.63) is 57.3 Å². The molecule has 8 heteroatoms. The molecule has 0 amide bonds. The summed E-state index contributed by atoms with van der Waals surface area (Å²) < 4.78 is 6.54. The molecule has 0 atom stereocenters. The van der Waals surface area contributed by atoms with Crippen LogP contribution in [0, 0.1) is 10.1 Å². The van der Waals surface area contributed by atoms with Gasteiger partial charge < -0.3 is 10.5 Å². The molecule has 0 saturated carbocycles. The zero-order chi connectivity index (χ0) is 14.5. The van der Waals surface area contributed by atoms with Gasteiger partial charge in [0.15, 0.2) is 0 Å². The highest BCUT2D eigenvalue weighted by Crippen LogP contribution is 2.19. The standard InChI is InChI=1S/C12H12N4O4/c13-10-3-1-2-4-11(10)20-6-5-15-8-9(16(18)19)7-14-12(15)17/h1-4,7-8H,5-6,13H2. The highest BCUT2D eigenvalue weighted by atomic mass is 16.6. The predicted octanol–water partition coefficient (Wildman–Crippen LogP) is 0.813. The second-order valence-corrected chi connectivity index (χ2v) is 3.93. The van der Waals surface area contributed by atoms with Crippen molar-refractivity contribution in [2.45, 2.75) is 6.54 Å². The molecule has 0 aliphatic heterocycles. The number of hydrogen-bond donors (Lipinski definition) is 1. The number of benzene rings is 1. The average molecular weight is 276 g/mol. The van der Waals surface area contributed by atoms with Crippen molar-refractivity contribution in [2.24, 2.45) is 0 Å². The number of nitrogen functional groups attached to an aromatic ring is 1. The van der Waals surface area contributed by atoms with Gasteiger partial charge in [0, 0.05) is 0 Å². The maximum Gasteiger partial charge on any atom is 0.348 e. The number of nitrogens with two attached hydrogens (primary N) is 1. The maximum atomic E-state index is 11.5. The molecule has 0 spiro atoms. The number of rotatable bonds is 5. The van der Waals surface area contributed by atoms with Crippen LogP contribution in [0.25, 0.3) is 0 Å². The monoisotopic (exact) mass is 276 g/mol. The van der Waals surface area contributed by atoms with Crippen LogP contribution < -0.4 is 16.2 Å². The van der Waals surface area contributed by atoms with E-state index in [1.165, 1.54) is 0 Å². The first kappa shape index (κ1) is 13.5. The van der Waals surface area contributed by atoms with E-state index in [1.54, 1.807) is 24.3 Å². The first-order valence-electron chi connectivity index (χ1n) is 5.76. The minimum Gasteiger partial charge on any atom is -0.490 e. The maximum absolute atomic E-state index is 11.5.